The van der Waals surface area contributed by atoms with Gasteiger partial charge in [0.2, 0.25) is 0 Å². The zero-order valence-corrected chi connectivity index (χ0v) is 22.2. The molecular weight excluding hydrogens is 472 g/mol. The Bertz CT molecular complexity index is 1370. The fourth-order valence-corrected chi connectivity index (χ4v) is 5.68. The molecule has 0 amide bonds. The number of nitrogens with zero attached hydrogens (tertiary/aromatic N) is 5. The van der Waals surface area contributed by atoms with Gasteiger partial charge in [0, 0.05) is 35.7 Å². The molecular formula is C27H34N6O2S. The number of thiophene rings is 1. The van der Waals surface area contributed by atoms with E-state index in [-0.39, 0.29) is 17.2 Å². The molecule has 0 bridgehead atoms. The second-order valence-electron chi connectivity index (χ2n) is 10.5. The van der Waals surface area contributed by atoms with Gasteiger partial charge in [0.25, 0.3) is 5.56 Å². The second kappa shape index (κ2) is 10.2. The fraction of sp³-hybridized carbons (Fsp3) is 0.481. The van der Waals surface area contributed by atoms with Gasteiger partial charge in [0.05, 0.1) is 11.6 Å². The van der Waals surface area contributed by atoms with E-state index in [0.29, 0.717) is 24.5 Å². The number of benzene rings is 1. The van der Waals surface area contributed by atoms with Crippen LogP contribution in [0.5, 0.6) is 0 Å². The summed E-state index contributed by atoms with van der Waals surface area (Å²) in [6.07, 6.45) is 3.10. The van der Waals surface area contributed by atoms with Crippen LogP contribution in [0.15, 0.2) is 46.6 Å². The molecule has 1 aliphatic heterocycles. The quantitative estimate of drug-likeness (QED) is 0.374. The number of aromatic nitrogens is 5. The average Bonchev–Trinajstić information content (AvgIpc) is 3.62. The van der Waals surface area contributed by atoms with Gasteiger partial charge in [-0.25, -0.2) is 4.68 Å². The van der Waals surface area contributed by atoms with Crippen LogP contribution in [0.2, 0.25) is 0 Å². The summed E-state index contributed by atoms with van der Waals surface area (Å²) >= 11 is 1.71. The van der Waals surface area contributed by atoms with Crippen LogP contribution in [0, 0.1) is 0 Å². The van der Waals surface area contributed by atoms with Crippen LogP contribution in [0.1, 0.15) is 68.4 Å². The number of H-pyrrole nitrogens is 1. The molecule has 9 heteroatoms. The Morgan fingerprint density at radius 1 is 1.28 bits per heavy atom. The average molecular weight is 507 g/mol. The van der Waals surface area contributed by atoms with Gasteiger partial charge >= 0.3 is 0 Å². The Morgan fingerprint density at radius 3 is 2.83 bits per heavy atom. The summed E-state index contributed by atoms with van der Waals surface area (Å²) in [7, 11) is 0. The number of nitrogens with one attached hydrogen (secondary N) is 1. The topological polar surface area (TPSA) is 88.9 Å². The predicted molar refractivity (Wildman–Crippen MR) is 142 cm³/mol. The summed E-state index contributed by atoms with van der Waals surface area (Å²) < 4.78 is 7.90. The van der Waals surface area contributed by atoms with E-state index in [1.165, 1.54) is 10.4 Å². The highest BCUT2D eigenvalue weighted by Crippen LogP contribution is 2.32. The molecule has 0 unspecified atom stereocenters. The van der Waals surface area contributed by atoms with Crippen LogP contribution < -0.4 is 5.56 Å². The minimum absolute atomic E-state index is 0.109. The van der Waals surface area contributed by atoms with Gasteiger partial charge in [0.15, 0.2) is 5.82 Å². The Kier molecular flexibility index (Phi) is 7.05. The zero-order valence-electron chi connectivity index (χ0n) is 21.4. The van der Waals surface area contributed by atoms with Gasteiger partial charge < -0.3 is 9.72 Å². The number of ether oxygens (including phenoxy) is 1. The van der Waals surface area contributed by atoms with Crippen LogP contribution in [0.25, 0.3) is 10.9 Å². The Hall–Kier alpha value is -2.88. The molecule has 5 rings (SSSR count). The zero-order chi connectivity index (χ0) is 25.3. The molecule has 1 fully saturated rings. The summed E-state index contributed by atoms with van der Waals surface area (Å²) in [4.78, 5) is 20.3. The summed E-state index contributed by atoms with van der Waals surface area (Å²) in [6.45, 7) is 10.5. The molecule has 1 aromatic carbocycles. The van der Waals surface area contributed by atoms with Crippen molar-refractivity contribution in [3.63, 3.8) is 0 Å². The Labute approximate surface area is 215 Å². The molecule has 0 spiro atoms. The van der Waals surface area contributed by atoms with E-state index in [4.69, 9.17) is 4.74 Å². The predicted octanol–water partition coefficient (Wildman–Crippen LogP) is 4.66. The number of aryl methyl sites for hydroxylation is 1. The van der Waals surface area contributed by atoms with E-state index < -0.39 is 6.04 Å². The summed E-state index contributed by atoms with van der Waals surface area (Å²) in [5.74, 6) is 0.661. The maximum absolute atomic E-state index is 13.6. The van der Waals surface area contributed by atoms with E-state index in [0.717, 1.165) is 36.8 Å². The van der Waals surface area contributed by atoms with Crippen LogP contribution in [-0.2, 0) is 23.2 Å². The molecule has 4 aromatic rings. The van der Waals surface area contributed by atoms with E-state index >= 15 is 0 Å². The number of hydrogen-bond acceptors (Lipinski definition) is 7. The molecule has 1 N–H and O–H groups in total. The van der Waals surface area contributed by atoms with E-state index in [9.17, 15) is 4.79 Å². The van der Waals surface area contributed by atoms with Gasteiger partial charge in [-0.2, -0.15) is 0 Å². The third-order valence-electron chi connectivity index (χ3n) is 6.78. The van der Waals surface area contributed by atoms with Crippen molar-refractivity contribution in [2.24, 2.45) is 0 Å². The third kappa shape index (κ3) is 5.14. The second-order valence-corrected chi connectivity index (χ2v) is 11.5. The summed E-state index contributed by atoms with van der Waals surface area (Å²) in [5.41, 5.74) is 2.23. The summed E-state index contributed by atoms with van der Waals surface area (Å²) in [6, 6.07) is 12.0. The van der Waals surface area contributed by atoms with Crippen molar-refractivity contribution in [3.8, 4) is 0 Å². The van der Waals surface area contributed by atoms with Gasteiger partial charge in [-0.3, -0.25) is 9.69 Å². The summed E-state index contributed by atoms with van der Waals surface area (Å²) in [5, 5.41) is 16.0. The lowest BCUT2D eigenvalue weighted by molar-refractivity contribution is 0.0569. The van der Waals surface area contributed by atoms with Crippen molar-refractivity contribution in [2.45, 2.75) is 71.2 Å². The Morgan fingerprint density at radius 2 is 2.14 bits per heavy atom. The molecule has 1 aliphatic rings. The lowest BCUT2D eigenvalue weighted by Gasteiger charge is -2.34. The molecule has 36 heavy (non-hydrogen) atoms. The highest BCUT2D eigenvalue weighted by Gasteiger charge is 2.35. The molecule has 0 radical (unpaired) electrons. The molecule has 8 nitrogen and oxygen atoms in total. The maximum atomic E-state index is 13.6. The van der Waals surface area contributed by atoms with Crippen molar-refractivity contribution < 1.29 is 4.74 Å². The number of rotatable bonds is 8. The van der Waals surface area contributed by atoms with Crippen LogP contribution in [0.4, 0.5) is 0 Å². The molecule has 1 saturated heterocycles. The standard InChI is InChI=1S/C27H34N6O2S/c1-5-18-10-11-23-19(14-18)15-22(26(34)28-23)24(25-29-30-31-33(25)27(2,3)4)32(16-20-8-6-12-35-20)17-21-9-7-13-36-21/h7,9-11,13-15,20,24H,5-6,8,12,16-17H2,1-4H3,(H,28,34)/t20-,24-/m1/s1. The van der Waals surface area contributed by atoms with Crippen molar-refractivity contribution in [3.05, 3.63) is 74.0 Å². The lowest BCUT2D eigenvalue weighted by Crippen LogP contribution is -2.40. The minimum atomic E-state index is -0.441. The van der Waals surface area contributed by atoms with E-state index in [1.807, 2.05) is 16.8 Å². The third-order valence-corrected chi connectivity index (χ3v) is 7.64. The van der Waals surface area contributed by atoms with Gasteiger partial charge in [0.1, 0.15) is 6.04 Å². The van der Waals surface area contributed by atoms with Crippen molar-refractivity contribution >= 4 is 22.2 Å². The largest absolute Gasteiger partial charge is 0.377 e. The minimum Gasteiger partial charge on any atom is -0.377 e. The van der Waals surface area contributed by atoms with Crippen molar-refractivity contribution in [1.82, 2.24) is 30.1 Å². The first kappa shape index (κ1) is 24.8. The van der Waals surface area contributed by atoms with Crippen LogP contribution in [-0.4, -0.2) is 49.3 Å². The molecule has 3 aromatic heterocycles. The highest BCUT2D eigenvalue weighted by molar-refractivity contribution is 7.09. The number of pyridine rings is 1. The number of fused-ring (bicyclic) bond motifs is 1. The fourth-order valence-electron chi connectivity index (χ4n) is 4.95. The van der Waals surface area contributed by atoms with Gasteiger partial charge in [-0.15, -0.1) is 16.4 Å². The number of aromatic amines is 1. The molecule has 190 valence electrons. The molecule has 4 heterocycles. The van der Waals surface area contributed by atoms with Gasteiger partial charge in [-0.05, 0) is 91.1 Å². The smallest absolute Gasteiger partial charge is 0.253 e. The van der Waals surface area contributed by atoms with Crippen molar-refractivity contribution in [2.75, 3.05) is 13.2 Å². The number of tetrazole rings is 1. The first-order chi connectivity index (χ1) is 17.3. The molecule has 0 saturated carbocycles. The normalized spacial score (nSPS) is 17.3. The maximum Gasteiger partial charge on any atom is 0.253 e. The first-order valence-electron chi connectivity index (χ1n) is 12.7. The first-order valence-corrected chi connectivity index (χ1v) is 13.5. The van der Waals surface area contributed by atoms with E-state index in [1.54, 1.807) is 11.3 Å². The SMILES string of the molecule is CCc1ccc2[nH]c(=O)c([C@H](c3nnnn3C(C)(C)C)N(Cc3cccs3)C[C@H]3CCCO3)cc2c1. The van der Waals surface area contributed by atoms with Crippen LogP contribution >= 0.6 is 11.3 Å². The lowest BCUT2D eigenvalue weighted by atomic mass is 10.00. The van der Waals surface area contributed by atoms with Gasteiger partial charge in [-0.1, -0.05) is 19.1 Å². The Balaban J connectivity index is 1.69. The molecule has 2 atom stereocenters. The van der Waals surface area contributed by atoms with Crippen LogP contribution in [0.3, 0.4) is 0 Å². The van der Waals surface area contributed by atoms with E-state index in [2.05, 4.69) is 82.7 Å². The monoisotopic (exact) mass is 506 g/mol. The highest BCUT2D eigenvalue weighted by atomic mass is 32.1. The van der Waals surface area contributed by atoms with Crippen molar-refractivity contribution in [1.29, 1.82) is 0 Å². The number of hydrogen-bond donors (Lipinski definition) is 1. The molecule has 0 aliphatic carbocycles.